The average Bonchev–Trinajstić information content (AvgIpc) is 2.36. The average molecular weight is 281 g/mol. The van der Waals surface area contributed by atoms with Gasteiger partial charge < -0.3 is 15.0 Å². The fourth-order valence-electron chi connectivity index (χ4n) is 1.76. The van der Waals surface area contributed by atoms with Gasteiger partial charge in [-0.15, -0.1) is 0 Å². The van der Waals surface area contributed by atoms with Gasteiger partial charge in [-0.1, -0.05) is 23.2 Å². The predicted octanol–water partition coefficient (Wildman–Crippen LogP) is 2.52. The normalized spacial score (nSPS) is 18.3. The first-order valence-electron chi connectivity index (χ1n) is 5.77. The highest BCUT2D eigenvalue weighted by Gasteiger charge is 2.22. The quantitative estimate of drug-likeness (QED) is 0.861. The molecule has 0 aromatic rings. The molecule has 1 aliphatic rings. The van der Waals surface area contributed by atoms with Crippen LogP contribution in [0.25, 0.3) is 0 Å². The van der Waals surface area contributed by atoms with E-state index in [1.54, 1.807) is 4.90 Å². The van der Waals surface area contributed by atoms with Crippen molar-refractivity contribution in [3.05, 3.63) is 10.6 Å². The zero-order valence-corrected chi connectivity index (χ0v) is 11.4. The van der Waals surface area contributed by atoms with E-state index in [1.807, 2.05) is 6.92 Å². The Morgan fingerprint density at radius 3 is 2.71 bits per heavy atom. The number of hydrogen-bond donors (Lipinski definition) is 1. The second-order valence-corrected chi connectivity index (χ2v) is 4.60. The fourth-order valence-corrected chi connectivity index (χ4v) is 1.92. The van der Waals surface area contributed by atoms with E-state index < -0.39 is 0 Å². The molecule has 0 saturated carbocycles. The van der Waals surface area contributed by atoms with E-state index in [4.69, 9.17) is 27.9 Å². The van der Waals surface area contributed by atoms with Gasteiger partial charge in [0.15, 0.2) is 0 Å². The number of likely N-dealkylation sites (tertiary alicyclic amines) is 1. The standard InChI is InChI=1S/C11H18Cl2N2O2/c1-2-17-11(16)15-5-3-10(4-6-15)14-8-9(13)7-12/h7,10,14H,2-6,8H2,1H3. The second kappa shape index (κ2) is 7.80. The molecule has 1 aliphatic heterocycles. The summed E-state index contributed by atoms with van der Waals surface area (Å²) < 4.78 is 4.95. The molecule has 0 unspecified atom stereocenters. The molecule has 0 bridgehead atoms. The molecule has 0 atom stereocenters. The second-order valence-electron chi connectivity index (χ2n) is 3.90. The molecule has 0 spiro atoms. The summed E-state index contributed by atoms with van der Waals surface area (Å²) in [6.07, 6.45) is 1.60. The third-order valence-corrected chi connectivity index (χ3v) is 3.32. The van der Waals surface area contributed by atoms with Crippen molar-refractivity contribution in [3.63, 3.8) is 0 Å². The minimum Gasteiger partial charge on any atom is -0.450 e. The van der Waals surface area contributed by atoms with E-state index in [0.29, 0.717) is 24.2 Å². The van der Waals surface area contributed by atoms with Gasteiger partial charge >= 0.3 is 6.09 Å². The van der Waals surface area contributed by atoms with Crippen molar-refractivity contribution >= 4 is 29.3 Å². The lowest BCUT2D eigenvalue weighted by Crippen LogP contribution is -2.45. The summed E-state index contributed by atoms with van der Waals surface area (Å²) in [5.41, 5.74) is 1.36. The molecule has 1 saturated heterocycles. The largest absolute Gasteiger partial charge is 0.450 e. The van der Waals surface area contributed by atoms with E-state index in [2.05, 4.69) is 5.32 Å². The molecule has 17 heavy (non-hydrogen) atoms. The summed E-state index contributed by atoms with van der Waals surface area (Å²) in [6.45, 7) is 4.26. The summed E-state index contributed by atoms with van der Waals surface area (Å²) >= 11 is 11.3. The van der Waals surface area contributed by atoms with Gasteiger partial charge in [-0.05, 0) is 19.8 Å². The minimum absolute atomic E-state index is 0.218. The van der Waals surface area contributed by atoms with E-state index >= 15 is 0 Å². The predicted molar refractivity (Wildman–Crippen MR) is 69.4 cm³/mol. The molecule has 0 aromatic carbocycles. The van der Waals surface area contributed by atoms with Gasteiger partial charge in [-0.3, -0.25) is 0 Å². The Kier molecular flexibility index (Phi) is 6.70. The molecule has 1 amide bonds. The first-order chi connectivity index (χ1) is 8.17. The van der Waals surface area contributed by atoms with Crippen LogP contribution in [0.2, 0.25) is 0 Å². The number of ether oxygens (including phenoxy) is 1. The van der Waals surface area contributed by atoms with Gasteiger partial charge in [0.25, 0.3) is 0 Å². The lowest BCUT2D eigenvalue weighted by molar-refractivity contribution is 0.0953. The van der Waals surface area contributed by atoms with Crippen LogP contribution in [0.15, 0.2) is 10.6 Å². The van der Waals surface area contributed by atoms with Crippen LogP contribution in [0.4, 0.5) is 4.79 Å². The Bertz CT molecular complexity index is 277. The molecule has 6 heteroatoms. The Labute approximate surface area is 112 Å². The number of halogens is 2. The van der Waals surface area contributed by atoms with Crippen LogP contribution in [-0.4, -0.2) is 43.3 Å². The summed E-state index contributed by atoms with van der Waals surface area (Å²) in [4.78, 5) is 13.2. The van der Waals surface area contributed by atoms with Crippen LogP contribution in [0, 0.1) is 0 Å². The SMILES string of the molecule is CCOC(=O)N1CCC(NCC(Cl)=CCl)CC1. The molecule has 1 rings (SSSR count). The first-order valence-corrected chi connectivity index (χ1v) is 6.58. The van der Waals surface area contributed by atoms with Crippen LogP contribution in [0.3, 0.4) is 0 Å². The summed E-state index contributed by atoms with van der Waals surface area (Å²) in [6, 6.07) is 0.381. The van der Waals surface area contributed by atoms with Gasteiger partial charge in [0.05, 0.1) is 6.61 Å². The van der Waals surface area contributed by atoms with Crippen molar-refractivity contribution in [3.8, 4) is 0 Å². The maximum atomic E-state index is 11.5. The Morgan fingerprint density at radius 1 is 1.53 bits per heavy atom. The van der Waals surface area contributed by atoms with Gasteiger partial charge in [-0.2, -0.15) is 0 Å². The number of nitrogens with zero attached hydrogens (tertiary/aromatic N) is 1. The summed E-state index contributed by atoms with van der Waals surface area (Å²) in [5.74, 6) is 0. The van der Waals surface area contributed by atoms with Gasteiger partial charge in [0.2, 0.25) is 0 Å². The topological polar surface area (TPSA) is 41.6 Å². The molecule has 1 heterocycles. The summed E-state index contributed by atoms with van der Waals surface area (Å²) in [7, 11) is 0. The van der Waals surface area contributed by atoms with Crippen molar-refractivity contribution in [2.24, 2.45) is 0 Å². The van der Waals surface area contributed by atoms with E-state index in [-0.39, 0.29) is 6.09 Å². The van der Waals surface area contributed by atoms with Crippen molar-refractivity contribution in [1.29, 1.82) is 0 Å². The molecule has 1 fully saturated rings. The Hall–Kier alpha value is -0.450. The third-order valence-electron chi connectivity index (χ3n) is 2.70. The molecule has 1 N–H and O–H groups in total. The number of amides is 1. The van der Waals surface area contributed by atoms with Crippen LogP contribution in [0.1, 0.15) is 19.8 Å². The summed E-state index contributed by atoms with van der Waals surface area (Å²) in [5, 5.41) is 3.90. The highest BCUT2D eigenvalue weighted by molar-refractivity contribution is 6.36. The van der Waals surface area contributed by atoms with E-state index in [0.717, 1.165) is 25.9 Å². The number of carbonyl (C=O) groups excluding carboxylic acids is 1. The lowest BCUT2D eigenvalue weighted by Gasteiger charge is -2.31. The van der Waals surface area contributed by atoms with Crippen LogP contribution >= 0.6 is 23.2 Å². The van der Waals surface area contributed by atoms with Crippen molar-refractivity contribution in [2.75, 3.05) is 26.2 Å². The highest BCUT2D eigenvalue weighted by atomic mass is 35.5. The molecule has 98 valence electrons. The van der Waals surface area contributed by atoms with Crippen LogP contribution in [0.5, 0.6) is 0 Å². The molecule has 0 radical (unpaired) electrons. The number of piperidine rings is 1. The zero-order valence-electron chi connectivity index (χ0n) is 9.92. The molecule has 4 nitrogen and oxygen atoms in total. The van der Waals surface area contributed by atoms with Gasteiger partial charge in [-0.25, -0.2) is 4.79 Å². The van der Waals surface area contributed by atoms with E-state index in [1.165, 1.54) is 5.54 Å². The number of carbonyl (C=O) groups is 1. The third kappa shape index (κ3) is 5.15. The number of nitrogens with one attached hydrogen (secondary N) is 1. The Balaban J connectivity index is 2.24. The van der Waals surface area contributed by atoms with Crippen LogP contribution in [-0.2, 0) is 4.74 Å². The molecular formula is C11H18Cl2N2O2. The number of rotatable bonds is 4. The smallest absolute Gasteiger partial charge is 0.409 e. The van der Waals surface area contributed by atoms with Crippen molar-refractivity contribution in [2.45, 2.75) is 25.8 Å². The van der Waals surface area contributed by atoms with Gasteiger partial charge in [0, 0.05) is 36.2 Å². The van der Waals surface area contributed by atoms with E-state index in [9.17, 15) is 4.79 Å². The molecule has 0 aromatic heterocycles. The van der Waals surface area contributed by atoms with Crippen LogP contribution < -0.4 is 5.32 Å². The first kappa shape index (κ1) is 14.6. The maximum Gasteiger partial charge on any atom is 0.409 e. The number of hydrogen-bond acceptors (Lipinski definition) is 3. The molecular weight excluding hydrogens is 263 g/mol. The zero-order chi connectivity index (χ0) is 12.7. The lowest BCUT2D eigenvalue weighted by atomic mass is 10.1. The molecule has 0 aliphatic carbocycles. The Morgan fingerprint density at radius 2 is 2.18 bits per heavy atom. The minimum atomic E-state index is -0.218. The highest BCUT2D eigenvalue weighted by Crippen LogP contribution is 2.12. The van der Waals surface area contributed by atoms with Gasteiger partial charge in [0.1, 0.15) is 0 Å². The van der Waals surface area contributed by atoms with Crippen molar-refractivity contribution in [1.82, 2.24) is 10.2 Å². The fraction of sp³-hybridized carbons (Fsp3) is 0.727. The van der Waals surface area contributed by atoms with Crippen molar-refractivity contribution < 1.29 is 9.53 Å². The monoisotopic (exact) mass is 280 g/mol. The maximum absolute atomic E-state index is 11.5.